The first-order valence-corrected chi connectivity index (χ1v) is 5.44. The number of halogens is 1. The van der Waals surface area contributed by atoms with E-state index in [4.69, 9.17) is 0 Å². The van der Waals surface area contributed by atoms with Crippen LogP contribution >= 0.6 is 33.9 Å². The predicted molar refractivity (Wildman–Crippen MR) is 52.6 cm³/mol. The van der Waals surface area contributed by atoms with E-state index < -0.39 is 5.60 Å². The van der Waals surface area contributed by atoms with Crippen molar-refractivity contribution >= 4 is 33.9 Å². The Bertz CT molecular complexity index is 269. The van der Waals surface area contributed by atoms with E-state index in [2.05, 4.69) is 27.6 Å². The molecule has 1 aromatic heterocycles. The summed E-state index contributed by atoms with van der Waals surface area (Å²) in [5.74, 6) is 0. The average Bonchev–Trinajstić information content (AvgIpc) is 2.31. The van der Waals surface area contributed by atoms with Gasteiger partial charge in [0.05, 0.1) is 9.08 Å². The quantitative estimate of drug-likeness (QED) is 0.800. The van der Waals surface area contributed by atoms with Crippen LogP contribution in [0.3, 0.4) is 0 Å². The maximum atomic E-state index is 9.84. The Kier molecular flexibility index (Phi) is 1.93. The third-order valence-electron chi connectivity index (χ3n) is 2.06. The molecule has 2 rings (SSSR count). The largest absolute Gasteiger partial charge is 0.383 e. The zero-order chi connectivity index (χ0) is 7.90. The number of hydrogen-bond donors (Lipinski definition) is 1. The van der Waals surface area contributed by atoms with Gasteiger partial charge in [-0.15, -0.1) is 11.3 Å². The summed E-state index contributed by atoms with van der Waals surface area (Å²) in [5.41, 5.74) is -0.561. The molecule has 2 nitrogen and oxygen atoms in total. The van der Waals surface area contributed by atoms with Gasteiger partial charge in [0.15, 0.2) is 0 Å². The third-order valence-corrected chi connectivity index (χ3v) is 3.97. The summed E-state index contributed by atoms with van der Waals surface area (Å²) in [6.45, 7) is 0. The molecule has 0 amide bonds. The van der Waals surface area contributed by atoms with Gasteiger partial charge in [-0.3, -0.25) is 0 Å². The average molecular weight is 281 g/mol. The second-order valence-electron chi connectivity index (χ2n) is 2.85. The Labute approximate surface area is 82.8 Å². The molecule has 0 saturated heterocycles. The van der Waals surface area contributed by atoms with Crippen molar-refractivity contribution in [2.24, 2.45) is 0 Å². The van der Waals surface area contributed by atoms with Crippen molar-refractivity contribution in [2.45, 2.75) is 24.9 Å². The number of rotatable bonds is 1. The molecule has 0 atom stereocenters. The highest BCUT2D eigenvalue weighted by molar-refractivity contribution is 14.1. The van der Waals surface area contributed by atoms with Gasteiger partial charge in [-0.1, -0.05) is 0 Å². The van der Waals surface area contributed by atoms with Crippen LogP contribution in [0.5, 0.6) is 0 Å². The molecule has 0 spiro atoms. The van der Waals surface area contributed by atoms with Gasteiger partial charge in [0, 0.05) is 0 Å². The summed E-state index contributed by atoms with van der Waals surface area (Å²) in [5, 5.41) is 10.7. The van der Waals surface area contributed by atoms with Crippen LogP contribution in [0, 0.1) is 2.88 Å². The molecule has 1 aromatic rings. The van der Waals surface area contributed by atoms with E-state index >= 15 is 0 Å². The molecule has 60 valence electrons. The summed E-state index contributed by atoms with van der Waals surface area (Å²) in [6.07, 6.45) is 4.72. The maximum absolute atomic E-state index is 9.84. The fourth-order valence-electron chi connectivity index (χ4n) is 1.20. The van der Waals surface area contributed by atoms with Crippen LogP contribution in [0.15, 0.2) is 6.20 Å². The van der Waals surface area contributed by atoms with Crippen molar-refractivity contribution in [2.75, 3.05) is 0 Å². The van der Waals surface area contributed by atoms with E-state index in [1.807, 2.05) is 6.20 Å². The Morgan fingerprint density at radius 1 is 1.64 bits per heavy atom. The summed E-state index contributed by atoms with van der Waals surface area (Å²) in [6, 6.07) is 0. The molecule has 0 unspecified atom stereocenters. The van der Waals surface area contributed by atoms with E-state index in [1.165, 1.54) is 0 Å². The first kappa shape index (κ1) is 7.94. The van der Waals surface area contributed by atoms with Gasteiger partial charge >= 0.3 is 0 Å². The van der Waals surface area contributed by atoms with E-state index in [0.717, 1.165) is 27.2 Å². The smallest absolute Gasteiger partial charge is 0.125 e. The lowest BCUT2D eigenvalue weighted by molar-refractivity contribution is -0.0389. The Morgan fingerprint density at radius 2 is 2.36 bits per heavy atom. The minimum Gasteiger partial charge on any atom is -0.383 e. The van der Waals surface area contributed by atoms with Crippen molar-refractivity contribution in [3.05, 3.63) is 14.1 Å². The Balaban J connectivity index is 2.28. The van der Waals surface area contributed by atoms with Crippen molar-refractivity contribution in [1.82, 2.24) is 4.98 Å². The number of hydrogen-bond acceptors (Lipinski definition) is 3. The summed E-state index contributed by atoms with van der Waals surface area (Å²) >= 11 is 3.82. The molecule has 11 heavy (non-hydrogen) atoms. The topological polar surface area (TPSA) is 33.1 Å². The van der Waals surface area contributed by atoms with Crippen molar-refractivity contribution in [3.8, 4) is 0 Å². The molecule has 0 aromatic carbocycles. The summed E-state index contributed by atoms with van der Waals surface area (Å²) in [7, 11) is 0. The molecule has 0 radical (unpaired) electrons. The standard InChI is InChI=1S/C7H8INOS/c8-5-4-9-6(11-5)7(10)2-1-3-7/h4,10H,1-3H2. The Morgan fingerprint density at radius 3 is 2.73 bits per heavy atom. The highest BCUT2D eigenvalue weighted by Crippen LogP contribution is 2.42. The molecule has 0 aliphatic heterocycles. The van der Waals surface area contributed by atoms with Gasteiger partial charge in [0.25, 0.3) is 0 Å². The normalized spacial score (nSPS) is 21.3. The number of thiazole rings is 1. The van der Waals surface area contributed by atoms with Crippen LogP contribution in [0.4, 0.5) is 0 Å². The molecular formula is C7H8INOS. The van der Waals surface area contributed by atoms with Gasteiger partial charge in [-0.05, 0) is 41.9 Å². The van der Waals surface area contributed by atoms with Crippen LogP contribution in [0.25, 0.3) is 0 Å². The van der Waals surface area contributed by atoms with Crippen LogP contribution in [0.1, 0.15) is 24.3 Å². The highest BCUT2D eigenvalue weighted by Gasteiger charge is 2.38. The molecule has 1 aliphatic carbocycles. The lowest BCUT2D eigenvalue weighted by Gasteiger charge is -2.34. The van der Waals surface area contributed by atoms with E-state index in [-0.39, 0.29) is 0 Å². The Hall–Kier alpha value is 0.320. The van der Waals surface area contributed by atoms with E-state index in [0.29, 0.717) is 0 Å². The summed E-state index contributed by atoms with van der Waals surface area (Å²) in [4.78, 5) is 4.17. The fourth-order valence-corrected chi connectivity index (χ4v) is 2.75. The van der Waals surface area contributed by atoms with E-state index in [9.17, 15) is 5.11 Å². The van der Waals surface area contributed by atoms with Gasteiger partial charge in [-0.2, -0.15) is 0 Å². The molecule has 1 N–H and O–H groups in total. The monoisotopic (exact) mass is 281 g/mol. The predicted octanol–water partition coefficient (Wildman–Crippen LogP) is 2.12. The zero-order valence-electron chi connectivity index (χ0n) is 5.88. The zero-order valence-corrected chi connectivity index (χ0v) is 8.85. The van der Waals surface area contributed by atoms with Crippen LogP contribution in [-0.2, 0) is 5.60 Å². The minimum absolute atomic E-state index is 0.561. The first-order valence-electron chi connectivity index (χ1n) is 3.55. The van der Waals surface area contributed by atoms with Crippen LogP contribution < -0.4 is 0 Å². The SMILES string of the molecule is OC1(c2ncc(I)s2)CCC1. The molecule has 1 saturated carbocycles. The van der Waals surface area contributed by atoms with E-state index in [1.54, 1.807) is 11.3 Å². The van der Waals surface area contributed by atoms with Crippen molar-refractivity contribution in [1.29, 1.82) is 0 Å². The number of aromatic nitrogens is 1. The lowest BCUT2D eigenvalue weighted by Crippen LogP contribution is -2.33. The number of nitrogens with zero attached hydrogens (tertiary/aromatic N) is 1. The fraction of sp³-hybridized carbons (Fsp3) is 0.571. The van der Waals surface area contributed by atoms with Gasteiger partial charge in [-0.25, -0.2) is 4.98 Å². The van der Waals surface area contributed by atoms with Gasteiger partial charge in [0.2, 0.25) is 0 Å². The molecule has 1 fully saturated rings. The van der Waals surface area contributed by atoms with Crippen LogP contribution in [-0.4, -0.2) is 10.1 Å². The van der Waals surface area contributed by atoms with Crippen LogP contribution in [0.2, 0.25) is 0 Å². The molecule has 4 heteroatoms. The van der Waals surface area contributed by atoms with Gasteiger partial charge < -0.3 is 5.11 Å². The maximum Gasteiger partial charge on any atom is 0.125 e. The lowest BCUT2D eigenvalue weighted by atomic mass is 9.81. The minimum atomic E-state index is -0.561. The molecule has 1 heterocycles. The molecule has 0 bridgehead atoms. The molecular weight excluding hydrogens is 273 g/mol. The second kappa shape index (κ2) is 2.67. The third kappa shape index (κ3) is 1.31. The second-order valence-corrected chi connectivity index (χ2v) is 5.78. The number of aliphatic hydroxyl groups is 1. The highest BCUT2D eigenvalue weighted by atomic mass is 127. The molecule has 1 aliphatic rings. The van der Waals surface area contributed by atoms with Crippen molar-refractivity contribution in [3.63, 3.8) is 0 Å². The van der Waals surface area contributed by atoms with Crippen molar-refractivity contribution < 1.29 is 5.11 Å². The van der Waals surface area contributed by atoms with Gasteiger partial charge in [0.1, 0.15) is 10.6 Å². The first-order chi connectivity index (χ1) is 5.21. The summed E-state index contributed by atoms with van der Waals surface area (Å²) < 4.78 is 1.15.